The van der Waals surface area contributed by atoms with E-state index in [4.69, 9.17) is 9.47 Å². The summed E-state index contributed by atoms with van der Waals surface area (Å²) in [5.74, 6) is -0.232. The van der Waals surface area contributed by atoms with Crippen LogP contribution in [-0.4, -0.2) is 17.5 Å². The minimum atomic E-state index is -0.835. The number of hydrogen-bond acceptors (Lipinski definition) is 4. The number of carbonyl (C=O) groups is 2. The van der Waals surface area contributed by atoms with Crippen molar-refractivity contribution in [2.45, 2.75) is 46.3 Å². The molecular weight excluding hydrogens is 268 g/mol. The first-order valence-electron chi connectivity index (χ1n) is 6.76. The maximum atomic E-state index is 11.8. The van der Waals surface area contributed by atoms with Crippen molar-refractivity contribution in [1.82, 2.24) is 0 Å². The number of Topliss-reactive ketones (excluding diaryl/α,β-unsaturated/α-hetero) is 1. The van der Waals surface area contributed by atoms with E-state index in [1.807, 2.05) is 19.1 Å². The van der Waals surface area contributed by atoms with Crippen molar-refractivity contribution < 1.29 is 19.1 Å². The quantitative estimate of drug-likeness (QED) is 0.618. The van der Waals surface area contributed by atoms with E-state index in [-0.39, 0.29) is 11.4 Å². The van der Waals surface area contributed by atoms with Crippen molar-refractivity contribution in [3.63, 3.8) is 0 Å². The molecule has 0 radical (unpaired) electrons. The van der Waals surface area contributed by atoms with Gasteiger partial charge in [-0.3, -0.25) is 4.79 Å². The van der Waals surface area contributed by atoms with Gasteiger partial charge in [0.2, 0.25) is 0 Å². The van der Waals surface area contributed by atoms with Crippen molar-refractivity contribution in [2.24, 2.45) is 0 Å². The number of aryl methyl sites for hydroxylation is 1. The molecule has 0 aliphatic heterocycles. The number of ether oxygens (including phenoxy) is 2. The van der Waals surface area contributed by atoms with E-state index in [2.05, 4.69) is 6.58 Å². The van der Waals surface area contributed by atoms with Crippen molar-refractivity contribution >= 4 is 11.9 Å². The summed E-state index contributed by atoms with van der Waals surface area (Å²) >= 11 is 0. The second kappa shape index (κ2) is 6.57. The van der Waals surface area contributed by atoms with Gasteiger partial charge >= 0.3 is 6.16 Å². The van der Waals surface area contributed by atoms with Crippen LogP contribution in [0, 0.1) is 6.92 Å². The highest BCUT2D eigenvalue weighted by Crippen LogP contribution is 2.27. The van der Waals surface area contributed by atoms with Gasteiger partial charge in [-0.25, -0.2) is 4.79 Å². The zero-order chi connectivity index (χ0) is 16.2. The van der Waals surface area contributed by atoms with Crippen LogP contribution in [-0.2, 0) is 14.3 Å². The Morgan fingerprint density at radius 2 is 1.67 bits per heavy atom. The van der Waals surface area contributed by atoms with Gasteiger partial charge in [0.25, 0.3) is 0 Å². The molecule has 1 aromatic carbocycles. The Kier molecular flexibility index (Phi) is 5.30. The lowest BCUT2D eigenvalue weighted by atomic mass is 9.99. The second-order valence-corrected chi connectivity index (χ2v) is 5.95. The average Bonchev–Trinajstić information content (AvgIpc) is 2.34. The molecule has 0 saturated heterocycles. The fraction of sp³-hybridized carbons (Fsp3) is 0.412. The van der Waals surface area contributed by atoms with Crippen LogP contribution in [0.3, 0.4) is 0 Å². The molecule has 0 heterocycles. The highest BCUT2D eigenvalue weighted by Gasteiger charge is 2.26. The average molecular weight is 290 g/mol. The minimum Gasteiger partial charge on any atom is -0.429 e. The van der Waals surface area contributed by atoms with E-state index in [1.54, 1.807) is 32.9 Å². The SMILES string of the molecule is C=C(C(C)=O)C(OC(=O)OC(C)(C)C)c1ccc(C)cc1. The Morgan fingerprint density at radius 3 is 2.10 bits per heavy atom. The highest BCUT2D eigenvalue weighted by molar-refractivity contribution is 5.94. The van der Waals surface area contributed by atoms with Gasteiger partial charge in [-0.2, -0.15) is 0 Å². The van der Waals surface area contributed by atoms with Crippen LogP contribution in [0.15, 0.2) is 36.4 Å². The van der Waals surface area contributed by atoms with Gasteiger partial charge in [-0.15, -0.1) is 0 Å². The molecule has 1 atom stereocenters. The molecule has 0 N–H and O–H groups in total. The molecule has 4 heteroatoms. The summed E-state index contributed by atoms with van der Waals surface area (Å²) in [6.07, 6.45) is -1.66. The maximum Gasteiger partial charge on any atom is 0.509 e. The normalized spacial score (nSPS) is 12.4. The first-order chi connectivity index (χ1) is 9.60. The molecule has 0 aliphatic carbocycles. The van der Waals surface area contributed by atoms with Gasteiger partial charge in [0, 0.05) is 5.57 Å². The molecule has 21 heavy (non-hydrogen) atoms. The van der Waals surface area contributed by atoms with Gasteiger partial charge < -0.3 is 9.47 Å². The number of hydrogen-bond donors (Lipinski definition) is 0. The third-order valence-electron chi connectivity index (χ3n) is 2.75. The standard InChI is InChI=1S/C17H22O4/c1-11-7-9-14(10-8-11)15(12(2)13(3)18)20-16(19)21-17(4,5)6/h7-10,15H,2H2,1,3-6H3. The first kappa shape index (κ1) is 17.0. The van der Waals surface area contributed by atoms with Gasteiger partial charge in [0.1, 0.15) is 5.60 Å². The van der Waals surface area contributed by atoms with Gasteiger partial charge in [0.15, 0.2) is 11.9 Å². The Hall–Kier alpha value is -2.10. The Balaban J connectivity index is 2.98. The molecule has 0 aliphatic rings. The summed E-state index contributed by atoms with van der Waals surface area (Å²) in [4.78, 5) is 23.4. The summed E-state index contributed by atoms with van der Waals surface area (Å²) < 4.78 is 10.4. The lowest BCUT2D eigenvalue weighted by molar-refractivity contribution is -0.114. The lowest BCUT2D eigenvalue weighted by Crippen LogP contribution is -2.26. The molecule has 1 rings (SSSR count). The van der Waals surface area contributed by atoms with Crippen LogP contribution in [0.4, 0.5) is 4.79 Å². The number of carbonyl (C=O) groups excluding carboxylic acids is 2. The molecule has 0 amide bonds. The zero-order valence-electron chi connectivity index (χ0n) is 13.2. The van der Waals surface area contributed by atoms with Crippen molar-refractivity contribution in [3.8, 4) is 0 Å². The smallest absolute Gasteiger partial charge is 0.429 e. The minimum absolute atomic E-state index is 0.213. The topological polar surface area (TPSA) is 52.6 Å². The van der Waals surface area contributed by atoms with E-state index in [9.17, 15) is 9.59 Å². The molecule has 114 valence electrons. The largest absolute Gasteiger partial charge is 0.509 e. The molecule has 0 aromatic heterocycles. The van der Waals surface area contributed by atoms with Crippen molar-refractivity contribution in [1.29, 1.82) is 0 Å². The predicted molar refractivity (Wildman–Crippen MR) is 81.1 cm³/mol. The fourth-order valence-electron chi connectivity index (χ4n) is 1.64. The molecule has 1 unspecified atom stereocenters. The van der Waals surface area contributed by atoms with E-state index < -0.39 is 17.9 Å². The fourth-order valence-corrected chi connectivity index (χ4v) is 1.64. The monoisotopic (exact) mass is 290 g/mol. The third kappa shape index (κ3) is 5.42. The highest BCUT2D eigenvalue weighted by atomic mass is 16.7. The van der Waals surface area contributed by atoms with Gasteiger partial charge in [0.05, 0.1) is 0 Å². The Bertz CT molecular complexity index is 535. The van der Waals surface area contributed by atoms with Crippen LogP contribution < -0.4 is 0 Å². The Labute approximate surface area is 125 Å². The predicted octanol–water partition coefficient (Wildman–Crippen LogP) is 4.13. The van der Waals surface area contributed by atoms with E-state index >= 15 is 0 Å². The molecular formula is C17H22O4. The summed E-state index contributed by atoms with van der Waals surface area (Å²) in [6, 6.07) is 7.37. The number of ketones is 1. The maximum absolute atomic E-state index is 11.8. The number of benzene rings is 1. The summed E-state index contributed by atoms with van der Waals surface area (Å²) in [6.45, 7) is 12.3. The van der Waals surface area contributed by atoms with Gasteiger partial charge in [-0.05, 0) is 40.2 Å². The van der Waals surface area contributed by atoms with Crippen LogP contribution in [0.2, 0.25) is 0 Å². The number of rotatable bonds is 4. The van der Waals surface area contributed by atoms with Crippen LogP contribution in [0.5, 0.6) is 0 Å². The van der Waals surface area contributed by atoms with E-state index in [0.29, 0.717) is 5.56 Å². The Morgan fingerprint density at radius 1 is 1.14 bits per heavy atom. The third-order valence-corrected chi connectivity index (χ3v) is 2.75. The first-order valence-corrected chi connectivity index (χ1v) is 6.76. The second-order valence-electron chi connectivity index (χ2n) is 5.95. The van der Waals surface area contributed by atoms with Crippen molar-refractivity contribution in [3.05, 3.63) is 47.5 Å². The molecule has 4 nitrogen and oxygen atoms in total. The molecule has 1 aromatic rings. The van der Waals surface area contributed by atoms with Crippen LogP contribution >= 0.6 is 0 Å². The van der Waals surface area contributed by atoms with E-state index in [0.717, 1.165) is 5.56 Å². The zero-order valence-corrected chi connectivity index (χ0v) is 13.2. The molecule has 0 spiro atoms. The van der Waals surface area contributed by atoms with Crippen LogP contribution in [0.25, 0.3) is 0 Å². The molecule has 0 saturated carbocycles. The summed E-state index contributed by atoms with van der Waals surface area (Å²) in [5.41, 5.74) is 1.31. The molecule has 0 bridgehead atoms. The lowest BCUT2D eigenvalue weighted by Gasteiger charge is -2.23. The van der Waals surface area contributed by atoms with E-state index in [1.165, 1.54) is 6.92 Å². The van der Waals surface area contributed by atoms with Gasteiger partial charge in [-0.1, -0.05) is 36.4 Å². The molecule has 0 fully saturated rings. The summed E-state index contributed by atoms with van der Waals surface area (Å²) in [7, 11) is 0. The van der Waals surface area contributed by atoms with Crippen LogP contribution in [0.1, 0.15) is 44.9 Å². The van der Waals surface area contributed by atoms with Crippen molar-refractivity contribution in [2.75, 3.05) is 0 Å². The summed E-state index contributed by atoms with van der Waals surface area (Å²) in [5, 5.41) is 0.